The van der Waals surface area contributed by atoms with Gasteiger partial charge in [0.15, 0.2) is 0 Å². The van der Waals surface area contributed by atoms with Gasteiger partial charge in [-0.2, -0.15) is 0 Å². The highest BCUT2D eigenvalue weighted by Gasteiger charge is 2.19. The van der Waals surface area contributed by atoms with Gasteiger partial charge in [0.2, 0.25) is 5.91 Å². The van der Waals surface area contributed by atoms with Crippen LogP contribution in [0.1, 0.15) is 6.42 Å². The highest BCUT2D eigenvalue weighted by molar-refractivity contribution is 7.99. The van der Waals surface area contributed by atoms with Gasteiger partial charge in [-0.05, 0) is 24.3 Å². The van der Waals surface area contributed by atoms with Gasteiger partial charge in [0.05, 0.1) is 0 Å². The average molecular weight is 420 g/mol. The summed E-state index contributed by atoms with van der Waals surface area (Å²) in [6, 6.07) is 22.4. The highest BCUT2D eigenvalue weighted by atomic mass is 32.2. The summed E-state index contributed by atoms with van der Waals surface area (Å²) < 4.78 is 0. The average Bonchev–Trinajstić information content (AvgIpc) is 2.81. The van der Waals surface area contributed by atoms with Crippen molar-refractivity contribution in [1.82, 2.24) is 9.97 Å². The third-order valence-electron chi connectivity index (χ3n) is 4.99. The maximum absolute atomic E-state index is 12.3. The number of benzene rings is 2. The second kappa shape index (κ2) is 10.1. The van der Waals surface area contributed by atoms with Crippen LogP contribution in [0.25, 0.3) is 0 Å². The number of nitrogens with zero attached hydrogens (tertiary/aromatic N) is 4. The molecular formula is C23H25N5OS. The van der Waals surface area contributed by atoms with Crippen LogP contribution in [0.2, 0.25) is 0 Å². The number of hydrogen-bond donors (Lipinski definition) is 1. The number of rotatable bonds is 7. The molecule has 1 saturated heterocycles. The van der Waals surface area contributed by atoms with E-state index in [0.29, 0.717) is 12.2 Å². The number of piperazine rings is 1. The first-order valence-corrected chi connectivity index (χ1v) is 11.1. The number of amides is 1. The van der Waals surface area contributed by atoms with Crippen LogP contribution in [0.5, 0.6) is 0 Å². The van der Waals surface area contributed by atoms with Crippen molar-refractivity contribution in [3.05, 3.63) is 73.1 Å². The minimum atomic E-state index is -0.0306. The Morgan fingerprint density at radius 3 is 2.30 bits per heavy atom. The predicted molar refractivity (Wildman–Crippen MR) is 123 cm³/mol. The first-order valence-electron chi connectivity index (χ1n) is 10.1. The van der Waals surface area contributed by atoms with E-state index in [1.165, 1.54) is 16.9 Å². The summed E-state index contributed by atoms with van der Waals surface area (Å²) in [6.45, 7) is 3.64. The Morgan fingerprint density at radius 2 is 1.57 bits per heavy atom. The van der Waals surface area contributed by atoms with E-state index in [9.17, 15) is 4.79 Å². The molecule has 4 rings (SSSR count). The van der Waals surface area contributed by atoms with Crippen molar-refractivity contribution >= 4 is 35.0 Å². The standard InChI is InChI=1S/C23H25N5OS/c29-23(11-16-30-20-9-5-2-6-10-20)26-21-17-22(25-18-24-21)28-14-12-27(13-15-28)19-7-3-1-4-8-19/h1-10,17-18H,11-16H2,(H,24,25,26,29). The van der Waals surface area contributed by atoms with Crippen LogP contribution in [0.3, 0.4) is 0 Å². The summed E-state index contributed by atoms with van der Waals surface area (Å²) >= 11 is 1.68. The lowest BCUT2D eigenvalue weighted by atomic mass is 10.2. The lowest BCUT2D eigenvalue weighted by molar-refractivity contribution is -0.115. The Bertz CT molecular complexity index is 946. The van der Waals surface area contributed by atoms with Crippen molar-refractivity contribution in [2.24, 2.45) is 0 Å². The Kier molecular flexibility index (Phi) is 6.82. The normalized spacial score (nSPS) is 13.9. The van der Waals surface area contributed by atoms with Gasteiger partial charge in [0.25, 0.3) is 0 Å². The van der Waals surface area contributed by atoms with Gasteiger partial charge in [-0.25, -0.2) is 9.97 Å². The second-order valence-corrected chi connectivity index (χ2v) is 8.20. The van der Waals surface area contributed by atoms with Crippen molar-refractivity contribution in [3.8, 4) is 0 Å². The maximum Gasteiger partial charge on any atom is 0.226 e. The fraction of sp³-hybridized carbons (Fsp3) is 0.261. The van der Waals surface area contributed by atoms with Gasteiger partial charge in [0, 0.05) is 55.0 Å². The number of carbonyl (C=O) groups is 1. The fourth-order valence-corrected chi connectivity index (χ4v) is 4.28. The van der Waals surface area contributed by atoms with Crippen LogP contribution in [0.15, 0.2) is 78.0 Å². The molecular weight excluding hydrogens is 394 g/mol. The van der Waals surface area contributed by atoms with Crippen molar-refractivity contribution in [1.29, 1.82) is 0 Å². The zero-order valence-electron chi connectivity index (χ0n) is 16.8. The third-order valence-corrected chi connectivity index (χ3v) is 6.00. The van der Waals surface area contributed by atoms with Gasteiger partial charge in [-0.3, -0.25) is 4.79 Å². The van der Waals surface area contributed by atoms with E-state index in [1.807, 2.05) is 30.3 Å². The van der Waals surface area contributed by atoms with E-state index in [0.717, 1.165) is 37.7 Å². The SMILES string of the molecule is O=C(CCSc1ccccc1)Nc1cc(N2CCN(c3ccccc3)CC2)ncn1. The van der Waals surface area contributed by atoms with Gasteiger partial charge >= 0.3 is 0 Å². The second-order valence-electron chi connectivity index (χ2n) is 7.03. The minimum Gasteiger partial charge on any atom is -0.368 e. The molecule has 0 radical (unpaired) electrons. The van der Waals surface area contributed by atoms with Crippen LogP contribution in [0, 0.1) is 0 Å². The molecule has 154 valence electrons. The Balaban J connectivity index is 1.27. The van der Waals surface area contributed by atoms with Crippen LogP contribution < -0.4 is 15.1 Å². The topological polar surface area (TPSA) is 61.4 Å². The monoisotopic (exact) mass is 419 g/mol. The molecule has 7 heteroatoms. The summed E-state index contributed by atoms with van der Waals surface area (Å²) in [5, 5.41) is 2.90. The predicted octanol–water partition coefficient (Wildman–Crippen LogP) is 3.92. The Morgan fingerprint density at radius 1 is 0.900 bits per heavy atom. The number of carbonyl (C=O) groups excluding carboxylic acids is 1. The molecule has 1 aliphatic heterocycles. The van der Waals surface area contributed by atoms with E-state index in [2.05, 4.69) is 61.5 Å². The smallest absolute Gasteiger partial charge is 0.226 e. The van der Waals surface area contributed by atoms with E-state index in [-0.39, 0.29) is 5.91 Å². The largest absolute Gasteiger partial charge is 0.368 e. The summed E-state index contributed by atoms with van der Waals surface area (Å²) in [6.07, 6.45) is 1.96. The van der Waals surface area contributed by atoms with E-state index < -0.39 is 0 Å². The molecule has 2 heterocycles. The molecule has 0 atom stereocenters. The van der Waals surface area contributed by atoms with Gasteiger partial charge in [0.1, 0.15) is 18.0 Å². The molecule has 0 saturated carbocycles. The molecule has 2 aromatic carbocycles. The van der Waals surface area contributed by atoms with Crippen molar-refractivity contribution < 1.29 is 4.79 Å². The molecule has 0 aliphatic carbocycles. The molecule has 6 nitrogen and oxygen atoms in total. The lowest BCUT2D eigenvalue weighted by Gasteiger charge is -2.36. The Labute approximate surface area is 181 Å². The summed E-state index contributed by atoms with van der Waals surface area (Å²) in [5.74, 6) is 2.11. The zero-order chi connectivity index (χ0) is 20.6. The molecule has 0 spiro atoms. The lowest BCUT2D eigenvalue weighted by Crippen LogP contribution is -2.46. The molecule has 3 aromatic rings. The molecule has 0 unspecified atom stereocenters. The molecule has 1 aromatic heterocycles. The van der Waals surface area contributed by atoms with E-state index in [1.54, 1.807) is 11.8 Å². The number of aromatic nitrogens is 2. The number of thioether (sulfide) groups is 1. The van der Waals surface area contributed by atoms with Crippen LogP contribution in [-0.2, 0) is 4.79 Å². The van der Waals surface area contributed by atoms with Gasteiger partial charge in [-0.15, -0.1) is 11.8 Å². The summed E-state index contributed by atoms with van der Waals surface area (Å²) in [4.78, 5) is 26.7. The van der Waals surface area contributed by atoms with Crippen LogP contribution in [0.4, 0.5) is 17.3 Å². The number of nitrogens with one attached hydrogen (secondary N) is 1. The van der Waals surface area contributed by atoms with Gasteiger partial charge in [-0.1, -0.05) is 36.4 Å². The maximum atomic E-state index is 12.3. The Hall–Kier alpha value is -3.06. The number of anilines is 3. The van der Waals surface area contributed by atoms with Crippen LogP contribution in [-0.4, -0.2) is 47.8 Å². The number of para-hydroxylation sites is 1. The van der Waals surface area contributed by atoms with E-state index >= 15 is 0 Å². The van der Waals surface area contributed by atoms with Gasteiger partial charge < -0.3 is 15.1 Å². The first-order chi connectivity index (χ1) is 14.8. The zero-order valence-corrected chi connectivity index (χ0v) is 17.6. The third kappa shape index (κ3) is 5.51. The summed E-state index contributed by atoms with van der Waals surface area (Å²) in [7, 11) is 0. The molecule has 1 aliphatic rings. The fourth-order valence-electron chi connectivity index (χ4n) is 3.40. The molecule has 1 N–H and O–H groups in total. The minimum absolute atomic E-state index is 0.0306. The van der Waals surface area contributed by atoms with E-state index in [4.69, 9.17) is 0 Å². The highest BCUT2D eigenvalue weighted by Crippen LogP contribution is 2.21. The first kappa shape index (κ1) is 20.2. The van der Waals surface area contributed by atoms with Crippen LogP contribution >= 0.6 is 11.8 Å². The molecule has 30 heavy (non-hydrogen) atoms. The molecule has 1 amide bonds. The number of hydrogen-bond acceptors (Lipinski definition) is 6. The molecule has 0 bridgehead atoms. The quantitative estimate of drug-likeness (QED) is 0.586. The van der Waals surface area contributed by atoms with Crippen molar-refractivity contribution in [2.75, 3.05) is 47.0 Å². The van der Waals surface area contributed by atoms with Crippen molar-refractivity contribution in [2.45, 2.75) is 11.3 Å². The molecule has 1 fully saturated rings. The summed E-state index contributed by atoms with van der Waals surface area (Å²) in [5.41, 5.74) is 1.25. The van der Waals surface area contributed by atoms with Crippen molar-refractivity contribution in [3.63, 3.8) is 0 Å².